The second-order valence-electron chi connectivity index (χ2n) is 3.69. The predicted molar refractivity (Wildman–Crippen MR) is 48.1 cm³/mol. The fourth-order valence-corrected chi connectivity index (χ4v) is 1.96. The van der Waals surface area contributed by atoms with E-state index in [1.807, 2.05) is 18.2 Å². The highest BCUT2D eigenvalue weighted by Crippen LogP contribution is 2.42. The lowest BCUT2D eigenvalue weighted by atomic mass is 9.90. The largest absolute Gasteiger partial charge is 0.399 e. The van der Waals surface area contributed by atoms with Gasteiger partial charge < -0.3 is 15.2 Å². The fourth-order valence-electron chi connectivity index (χ4n) is 1.96. The van der Waals surface area contributed by atoms with E-state index in [9.17, 15) is 0 Å². The van der Waals surface area contributed by atoms with E-state index in [0.29, 0.717) is 19.8 Å². The lowest BCUT2D eigenvalue weighted by Crippen LogP contribution is -2.46. The number of nitrogens with two attached hydrogens (primary N) is 1. The Hall–Kier alpha value is -1.06. The molecule has 3 nitrogen and oxygen atoms in total. The fraction of sp³-hybridized carbons (Fsp3) is 0.400. The lowest BCUT2D eigenvalue weighted by molar-refractivity contribution is -0.209. The van der Waals surface area contributed by atoms with Crippen LogP contribution in [-0.4, -0.2) is 13.2 Å². The zero-order valence-corrected chi connectivity index (χ0v) is 7.25. The molecule has 0 saturated carbocycles. The average Bonchev–Trinajstić information content (AvgIpc) is 2.41. The molecule has 0 amide bonds. The Balaban J connectivity index is 2.14. The monoisotopic (exact) mass is 177 g/mol. The third-order valence-corrected chi connectivity index (χ3v) is 2.80. The van der Waals surface area contributed by atoms with Crippen molar-refractivity contribution < 1.29 is 9.47 Å². The van der Waals surface area contributed by atoms with Crippen molar-refractivity contribution in [1.82, 2.24) is 0 Å². The molecule has 3 heteroatoms. The van der Waals surface area contributed by atoms with Gasteiger partial charge in [-0.3, -0.25) is 0 Å². The Bertz CT molecular complexity index is 358. The summed E-state index contributed by atoms with van der Waals surface area (Å²) >= 11 is 0. The summed E-state index contributed by atoms with van der Waals surface area (Å²) in [5, 5.41) is 0. The molecule has 0 atom stereocenters. The molecule has 13 heavy (non-hydrogen) atoms. The van der Waals surface area contributed by atoms with Crippen molar-refractivity contribution in [2.24, 2.45) is 0 Å². The van der Waals surface area contributed by atoms with Gasteiger partial charge in [-0.1, -0.05) is 6.07 Å². The molecule has 2 aliphatic rings. The van der Waals surface area contributed by atoms with E-state index in [1.165, 1.54) is 11.1 Å². The summed E-state index contributed by atoms with van der Waals surface area (Å²) in [5.41, 5.74) is 8.84. The van der Waals surface area contributed by atoms with E-state index in [2.05, 4.69) is 0 Å². The standard InChI is InChI=1S/C10H11NO2/c11-8-2-1-7-4-13-10(5-12-6-10)9(7)3-8/h1-3H,4-6,11H2. The minimum Gasteiger partial charge on any atom is -0.399 e. The highest BCUT2D eigenvalue weighted by Gasteiger charge is 2.46. The maximum Gasteiger partial charge on any atom is 0.140 e. The molecule has 1 saturated heterocycles. The molecule has 0 bridgehead atoms. The zero-order chi connectivity index (χ0) is 8.89. The van der Waals surface area contributed by atoms with E-state index in [-0.39, 0.29) is 5.60 Å². The summed E-state index contributed by atoms with van der Waals surface area (Å²) in [6.45, 7) is 2.03. The zero-order valence-electron chi connectivity index (χ0n) is 7.25. The first-order chi connectivity index (χ1) is 6.30. The number of nitrogen functional groups attached to an aromatic ring is 1. The molecule has 2 heterocycles. The van der Waals surface area contributed by atoms with Crippen LogP contribution in [0, 0.1) is 0 Å². The van der Waals surface area contributed by atoms with Gasteiger partial charge in [0.05, 0.1) is 19.8 Å². The molecule has 0 unspecified atom stereocenters. The quantitative estimate of drug-likeness (QED) is 0.602. The summed E-state index contributed by atoms with van der Waals surface area (Å²) in [6.07, 6.45) is 0. The van der Waals surface area contributed by atoms with Gasteiger partial charge in [0.2, 0.25) is 0 Å². The highest BCUT2D eigenvalue weighted by molar-refractivity contribution is 5.49. The molecule has 1 aromatic rings. The van der Waals surface area contributed by atoms with Crippen molar-refractivity contribution in [3.63, 3.8) is 0 Å². The van der Waals surface area contributed by atoms with Crippen LogP contribution in [0.4, 0.5) is 5.69 Å². The molecular formula is C10H11NO2. The van der Waals surface area contributed by atoms with Crippen molar-refractivity contribution >= 4 is 5.69 Å². The van der Waals surface area contributed by atoms with Gasteiger partial charge >= 0.3 is 0 Å². The van der Waals surface area contributed by atoms with E-state index in [4.69, 9.17) is 15.2 Å². The summed E-state index contributed by atoms with van der Waals surface area (Å²) in [4.78, 5) is 0. The van der Waals surface area contributed by atoms with Crippen LogP contribution < -0.4 is 5.73 Å². The van der Waals surface area contributed by atoms with Gasteiger partial charge in [0, 0.05) is 5.69 Å². The maximum absolute atomic E-state index is 5.73. The van der Waals surface area contributed by atoms with Crippen LogP contribution in [0.15, 0.2) is 18.2 Å². The van der Waals surface area contributed by atoms with Crippen molar-refractivity contribution in [3.8, 4) is 0 Å². The number of hydrogen-bond donors (Lipinski definition) is 1. The van der Waals surface area contributed by atoms with Gasteiger partial charge in [-0.05, 0) is 23.3 Å². The second kappa shape index (κ2) is 2.25. The molecule has 1 spiro atoms. The number of rotatable bonds is 0. The van der Waals surface area contributed by atoms with Crippen LogP contribution in [0.1, 0.15) is 11.1 Å². The first-order valence-electron chi connectivity index (χ1n) is 4.41. The number of ether oxygens (including phenoxy) is 2. The first kappa shape index (κ1) is 7.35. The van der Waals surface area contributed by atoms with Crippen molar-refractivity contribution in [3.05, 3.63) is 29.3 Å². The maximum atomic E-state index is 5.73. The highest BCUT2D eigenvalue weighted by atomic mass is 16.6. The molecule has 2 N–H and O–H groups in total. The van der Waals surface area contributed by atoms with Gasteiger partial charge in [-0.2, -0.15) is 0 Å². The smallest absolute Gasteiger partial charge is 0.140 e. The van der Waals surface area contributed by atoms with Crippen molar-refractivity contribution in [1.29, 1.82) is 0 Å². The summed E-state index contributed by atoms with van der Waals surface area (Å²) in [6, 6.07) is 5.96. The molecule has 2 aliphatic heterocycles. The molecule has 0 aliphatic carbocycles. The summed E-state index contributed by atoms with van der Waals surface area (Å²) in [7, 11) is 0. The minimum atomic E-state index is -0.162. The van der Waals surface area contributed by atoms with Crippen LogP contribution >= 0.6 is 0 Å². The van der Waals surface area contributed by atoms with Crippen LogP contribution in [0.2, 0.25) is 0 Å². The third-order valence-electron chi connectivity index (χ3n) is 2.80. The Morgan fingerprint density at radius 3 is 2.85 bits per heavy atom. The molecule has 0 radical (unpaired) electrons. The average molecular weight is 177 g/mol. The van der Waals surface area contributed by atoms with Gasteiger partial charge in [0.1, 0.15) is 5.60 Å². The topological polar surface area (TPSA) is 44.5 Å². The summed E-state index contributed by atoms with van der Waals surface area (Å²) in [5.74, 6) is 0. The van der Waals surface area contributed by atoms with E-state index >= 15 is 0 Å². The van der Waals surface area contributed by atoms with E-state index in [0.717, 1.165) is 5.69 Å². The predicted octanol–water partition coefficient (Wildman–Crippen LogP) is 1.02. The second-order valence-corrected chi connectivity index (χ2v) is 3.69. The first-order valence-corrected chi connectivity index (χ1v) is 4.41. The minimum absolute atomic E-state index is 0.162. The van der Waals surface area contributed by atoms with Crippen LogP contribution in [0.25, 0.3) is 0 Å². The Labute approximate surface area is 76.4 Å². The number of hydrogen-bond acceptors (Lipinski definition) is 3. The normalized spacial score (nSPS) is 22.8. The molecule has 1 fully saturated rings. The SMILES string of the molecule is Nc1ccc2c(c1)C1(COC1)OC2. The Morgan fingerprint density at radius 2 is 2.15 bits per heavy atom. The number of anilines is 1. The lowest BCUT2D eigenvalue weighted by Gasteiger charge is -2.37. The molecule has 1 aromatic carbocycles. The van der Waals surface area contributed by atoms with Crippen LogP contribution in [-0.2, 0) is 21.7 Å². The van der Waals surface area contributed by atoms with Crippen molar-refractivity contribution in [2.75, 3.05) is 18.9 Å². The number of fused-ring (bicyclic) bond motifs is 2. The van der Waals surface area contributed by atoms with Crippen molar-refractivity contribution in [2.45, 2.75) is 12.2 Å². The molecule has 68 valence electrons. The van der Waals surface area contributed by atoms with Crippen LogP contribution in [0.5, 0.6) is 0 Å². The molecule has 3 rings (SSSR count). The van der Waals surface area contributed by atoms with Gasteiger partial charge in [-0.25, -0.2) is 0 Å². The molecule has 0 aromatic heterocycles. The van der Waals surface area contributed by atoms with Gasteiger partial charge in [0.15, 0.2) is 0 Å². The van der Waals surface area contributed by atoms with Gasteiger partial charge in [-0.15, -0.1) is 0 Å². The van der Waals surface area contributed by atoms with Gasteiger partial charge in [0.25, 0.3) is 0 Å². The third kappa shape index (κ3) is 0.857. The Kier molecular flexibility index (Phi) is 1.27. The Morgan fingerprint density at radius 1 is 1.31 bits per heavy atom. The van der Waals surface area contributed by atoms with Crippen LogP contribution in [0.3, 0.4) is 0 Å². The number of benzene rings is 1. The molecular weight excluding hydrogens is 166 g/mol. The summed E-state index contributed by atoms with van der Waals surface area (Å²) < 4.78 is 10.9. The van der Waals surface area contributed by atoms with E-state index in [1.54, 1.807) is 0 Å². The van der Waals surface area contributed by atoms with E-state index < -0.39 is 0 Å².